The first-order chi connectivity index (χ1) is 13.1. The molecule has 0 bridgehead atoms. The van der Waals surface area contributed by atoms with Crippen molar-refractivity contribution in [2.24, 2.45) is 0 Å². The molecule has 142 valence electrons. The fourth-order valence-electron chi connectivity index (χ4n) is 3.23. The number of hydrogen-bond donors (Lipinski definition) is 3. The van der Waals surface area contributed by atoms with Gasteiger partial charge in [0.2, 0.25) is 0 Å². The number of likely N-dealkylation sites (tertiary alicyclic amines) is 1. The number of carbonyl (C=O) groups excluding carboxylic acids is 1. The van der Waals surface area contributed by atoms with Crippen molar-refractivity contribution in [2.75, 3.05) is 25.5 Å². The number of anilines is 1. The van der Waals surface area contributed by atoms with E-state index in [9.17, 15) is 9.59 Å². The number of piperidine rings is 1. The average Bonchev–Trinajstić information content (AvgIpc) is 2.68. The quantitative estimate of drug-likeness (QED) is 0.698. The summed E-state index contributed by atoms with van der Waals surface area (Å²) in [7, 11) is 1.36. The minimum atomic E-state index is -0.364. The summed E-state index contributed by atoms with van der Waals surface area (Å²) < 4.78 is 4.79. The Morgan fingerprint density at radius 3 is 2.93 bits per heavy atom. The van der Waals surface area contributed by atoms with Crippen molar-refractivity contribution in [1.82, 2.24) is 14.9 Å². The molecule has 1 fully saturated rings. The second kappa shape index (κ2) is 8.48. The minimum Gasteiger partial charge on any atom is -0.453 e. The maximum atomic E-state index is 12.4. The van der Waals surface area contributed by atoms with E-state index in [0.29, 0.717) is 31.2 Å². The summed E-state index contributed by atoms with van der Waals surface area (Å²) in [5.74, 6) is 0.899. The molecule has 3 N–H and O–H groups in total. The lowest BCUT2D eigenvalue weighted by atomic mass is 10.1. The van der Waals surface area contributed by atoms with Crippen LogP contribution in [0.3, 0.4) is 0 Å². The van der Waals surface area contributed by atoms with Crippen LogP contribution in [-0.4, -0.2) is 53.4 Å². The first-order valence-corrected chi connectivity index (χ1v) is 8.87. The number of aromatic amines is 1. The van der Waals surface area contributed by atoms with Gasteiger partial charge in [0.15, 0.2) is 0 Å². The third-order valence-corrected chi connectivity index (χ3v) is 4.56. The van der Waals surface area contributed by atoms with Gasteiger partial charge in [-0.1, -0.05) is 30.3 Å². The molecule has 0 aliphatic carbocycles. The SMILES string of the molecule is COC(=O)N1CCCC(Nc2nc(Cc3ccccc3)[nH]c(=O)c2C=N)C1. The van der Waals surface area contributed by atoms with Crippen LogP contribution in [0.4, 0.5) is 10.6 Å². The molecule has 27 heavy (non-hydrogen) atoms. The molecule has 0 radical (unpaired) electrons. The normalized spacial score (nSPS) is 16.6. The summed E-state index contributed by atoms with van der Waals surface area (Å²) in [6.07, 6.45) is 2.79. The lowest BCUT2D eigenvalue weighted by Gasteiger charge is -2.32. The van der Waals surface area contributed by atoms with Gasteiger partial charge in [-0.05, 0) is 18.4 Å². The van der Waals surface area contributed by atoms with Gasteiger partial charge in [0.05, 0.1) is 12.7 Å². The average molecular weight is 369 g/mol. The van der Waals surface area contributed by atoms with Gasteiger partial charge >= 0.3 is 6.09 Å². The molecule has 2 heterocycles. The molecule has 1 atom stereocenters. The van der Waals surface area contributed by atoms with Crippen molar-refractivity contribution in [3.8, 4) is 0 Å². The number of ether oxygens (including phenoxy) is 1. The summed E-state index contributed by atoms with van der Waals surface area (Å²) >= 11 is 0. The van der Waals surface area contributed by atoms with Gasteiger partial charge in [-0.2, -0.15) is 0 Å². The van der Waals surface area contributed by atoms with Gasteiger partial charge in [0.1, 0.15) is 11.6 Å². The molecule has 0 saturated carbocycles. The maximum absolute atomic E-state index is 12.4. The zero-order chi connectivity index (χ0) is 19.2. The molecule has 3 rings (SSSR count). The molecule has 1 aliphatic rings. The second-order valence-electron chi connectivity index (χ2n) is 6.48. The van der Waals surface area contributed by atoms with Crippen LogP contribution >= 0.6 is 0 Å². The summed E-state index contributed by atoms with van der Waals surface area (Å²) in [6, 6.07) is 9.67. The van der Waals surface area contributed by atoms with Crippen molar-refractivity contribution in [2.45, 2.75) is 25.3 Å². The number of benzene rings is 1. The maximum Gasteiger partial charge on any atom is 0.409 e. The molecule has 1 amide bonds. The Hall–Kier alpha value is -3.16. The first kappa shape index (κ1) is 18.6. The number of H-pyrrole nitrogens is 1. The van der Waals surface area contributed by atoms with E-state index in [1.54, 1.807) is 4.90 Å². The highest BCUT2D eigenvalue weighted by atomic mass is 16.5. The number of rotatable bonds is 5. The zero-order valence-corrected chi connectivity index (χ0v) is 15.2. The molecule has 1 unspecified atom stereocenters. The first-order valence-electron chi connectivity index (χ1n) is 8.87. The number of amides is 1. The van der Waals surface area contributed by atoms with Gasteiger partial charge < -0.3 is 25.3 Å². The summed E-state index contributed by atoms with van der Waals surface area (Å²) in [5, 5.41) is 10.8. The summed E-state index contributed by atoms with van der Waals surface area (Å²) in [6.45, 7) is 1.11. The van der Waals surface area contributed by atoms with E-state index in [-0.39, 0.29) is 23.3 Å². The molecule has 1 saturated heterocycles. The Labute approximate surface area is 157 Å². The molecular weight excluding hydrogens is 346 g/mol. The van der Waals surface area contributed by atoms with Crippen LogP contribution < -0.4 is 10.9 Å². The predicted octanol–water partition coefficient (Wildman–Crippen LogP) is 2.00. The highest BCUT2D eigenvalue weighted by molar-refractivity contribution is 5.83. The smallest absolute Gasteiger partial charge is 0.409 e. The van der Waals surface area contributed by atoms with E-state index in [1.807, 2.05) is 30.3 Å². The van der Waals surface area contributed by atoms with Gasteiger partial charge in [-0.25, -0.2) is 9.78 Å². The summed E-state index contributed by atoms with van der Waals surface area (Å²) in [5.41, 5.74) is 0.861. The van der Waals surface area contributed by atoms with Crippen LogP contribution in [0.25, 0.3) is 0 Å². The van der Waals surface area contributed by atoms with E-state index >= 15 is 0 Å². The van der Waals surface area contributed by atoms with Crippen molar-refractivity contribution in [3.05, 3.63) is 57.6 Å². The Balaban J connectivity index is 1.82. The van der Waals surface area contributed by atoms with Gasteiger partial charge in [-0.15, -0.1) is 0 Å². The minimum absolute atomic E-state index is 0.0598. The Kier molecular flexibility index (Phi) is 5.85. The number of hydrogen-bond acceptors (Lipinski definition) is 6. The molecule has 8 heteroatoms. The van der Waals surface area contributed by atoms with Gasteiger partial charge in [0.25, 0.3) is 5.56 Å². The predicted molar refractivity (Wildman–Crippen MR) is 103 cm³/mol. The molecule has 1 aromatic carbocycles. The Morgan fingerprint density at radius 1 is 1.44 bits per heavy atom. The Morgan fingerprint density at radius 2 is 2.22 bits per heavy atom. The Bertz CT molecular complexity index is 865. The number of nitrogens with zero attached hydrogens (tertiary/aromatic N) is 2. The lowest BCUT2D eigenvalue weighted by molar-refractivity contribution is 0.113. The topological polar surface area (TPSA) is 111 Å². The van der Waals surface area contributed by atoms with Gasteiger partial charge in [-0.3, -0.25) is 4.79 Å². The number of aromatic nitrogens is 2. The second-order valence-corrected chi connectivity index (χ2v) is 6.48. The molecule has 2 aromatic rings. The van der Waals surface area contributed by atoms with Crippen LogP contribution in [0.5, 0.6) is 0 Å². The monoisotopic (exact) mass is 369 g/mol. The number of nitrogens with one attached hydrogen (secondary N) is 3. The largest absolute Gasteiger partial charge is 0.453 e. The molecule has 8 nitrogen and oxygen atoms in total. The third kappa shape index (κ3) is 4.52. The highest BCUT2D eigenvalue weighted by Crippen LogP contribution is 2.17. The molecule has 1 aromatic heterocycles. The third-order valence-electron chi connectivity index (χ3n) is 4.56. The van der Waals surface area contributed by atoms with Crippen LogP contribution in [0.1, 0.15) is 29.8 Å². The molecule has 1 aliphatic heterocycles. The molecule has 0 spiro atoms. The van der Waals surface area contributed by atoms with Crippen LogP contribution in [0.15, 0.2) is 35.1 Å². The fourth-order valence-corrected chi connectivity index (χ4v) is 3.23. The van der Waals surface area contributed by atoms with Gasteiger partial charge in [0, 0.05) is 31.8 Å². The standard InChI is InChI=1S/C19H23N5O3/c1-27-19(26)24-9-5-8-14(12-24)21-17-15(11-20)18(25)23-16(22-17)10-13-6-3-2-4-7-13/h2-4,6-7,11,14,20H,5,8-10,12H2,1H3,(H2,21,22,23,25). The van der Waals surface area contributed by atoms with Crippen molar-refractivity contribution < 1.29 is 9.53 Å². The number of methoxy groups -OCH3 is 1. The van der Waals surface area contributed by atoms with Crippen LogP contribution in [-0.2, 0) is 11.2 Å². The zero-order valence-electron chi connectivity index (χ0n) is 15.2. The number of carbonyl (C=O) groups is 1. The van der Waals surface area contributed by atoms with E-state index in [1.165, 1.54) is 7.11 Å². The van der Waals surface area contributed by atoms with Crippen LogP contribution in [0.2, 0.25) is 0 Å². The highest BCUT2D eigenvalue weighted by Gasteiger charge is 2.25. The van der Waals surface area contributed by atoms with E-state index in [0.717, 1.165) is 24.6 Å². The van der Waals surface area contributed by atoms with E-state index in [2.05, 4.69) is 15.3 Å². The van der Waals surface area contributed by atoms with E-state index in [4.69, 9.17) is 10.1 Å². The van der Waals surface area contributed by atoms with E-state index < -0.39 is 0 Å². The summed E-state index contributed by atoms with van der Waals surface area (Å²) in [4.78, 5) is 33.0. The van der Waals surface area contributed by atoms with Crippen molar-refractivity contribution in [3.63, 3.8) is 0 Å². The van der Waals surface area contributed by atoms with Crippen molar-refractivity contribution in [1.29, 1.82) is 5.41 Å². The van der Waals surface area contributed by atoms with Crippen LogP contribution in [0, 0.1) is 5.41 Å². The lowest BCUT2D eigenvalue weighted by Crippen LogP contribution is -2.45. The molecular formula is C19H23N5O3. The fraction of sp³-hybridized carbons (Fsp3) is 0.368. The van der Waals surface area contributed by atoms with Crippen molar-refractivity contribution >= 4 is 18.1 Å².